The average Bonchev–Trinajstić information content (AvgIpc) is 3.14. The van der Waals surface area contributed by atoms with Crippen molar-refractivity contribution in [3.05, 3.63) is 131 Å². The van der Waals surface area contributed by atoms with Crippen molar-refractivity contribution in [3.8, 4) is 11.1 Å². The van der Waals surface area contributed by atoms with Gasteiger partial charge in [-0.05, 0) is 109 Å². The zero-order valence-electron chi connectivity index (χ0n) is 51.1. The number of alkyl carbamates (subject to hydrolysis) is 1. The Hall–Kier alpha value is -5.64. The molecule has 4 aliphatic rings. The van der Waals surface area contributed by atoms with E-state index in [1.165, 1.54) is 56.1 Å². The quantitative estimate of drug-likeness (QED) is 0.0621. The van der Waals surface area contributed by atoms with Crippen LogP contribution in [0.3, 0.4) is 0 Å². The van der Waals surface area contributed by atoms with Crippen molar-refractivity contribution in [2.75, 3.05) is 41.0 Å². The fourth-order valence-electron chi connectivity index (χ4n) is 13.6. The number of likely N-dealkylation sites (tertiary alicyclic amines) is 1. The molecule has 2 heterocycles. The monoisotopic (exact) mass is 1140 g/mol. The maximum Gasteiger partial charge on any atom is 0.407 e. The lowest BCUT2D eigenvalue weighted by Gasteiger charge is -2.40. The second-order valence-electron chi connectivity index (χ2n) is 24.5. The Kier molecular flexibility index (Phi) is 23.6. The predicted molar refractivity (Wildman–Crippen MR) is 324 cm³/mol. The number of amides is 4. The van der Waals surface area contributed by atoms with Crippen molar-refractivity contribution in [3.63, 3.8) is 0 Å². The molecule has 3 fully saturated rings. The molecule has 14 heteroatoms. The molecule has 0 aromatic heterocycles. The van der Waals surface area contributed by atoms with E-state index in [1.807, 2.05) is 87.2 Å². The number of carbonyl (C=O) groups is 4. The normalized spacial score (nSPS) is 21.5. The van der Waals surface area contributed by atoms with Crippen LogP contribution in [0.15, 0.2) is 103 Å². The molecular formula is C69H96N4O10. The molecule has 11 atom stereocenters. The lowest BCUT2D eigenvalue weighted by atomic mass is 9.86. The molecule has 0 radical (unpaired) electrons. The largest absolute Gasteiger partial charge is 0.449 e. The van der Waals surface area contributed by atoms with E-state index < -0.39 is 54.7 Å². The molecule has 452 valence electrons. The van der Waals surface area contributed by atoms with Crippen molar-refractivity contribution < 1.29 is 47.6 Å². The Morgan fingerprint density at radius 3 is 2.00 bits per heavy atom. The second kappa shape index (κ2) is 31.0. The van der Waals surface area contributed by atoms with Gasteiger partial charge >= 0.3 is 6.09 Å². The Labute approximate surface area is 495 Å². The number of ether oxygens (including phenoxy) is 6. The summed E-state index contributed by atoms with van der Waals surface area (Å²) in [7, 11) is 4.91. The third-order valence-corrected chi connectivity index (χ3v) is 18.5. The molecule has 2 aliphatic carbocycles. The molecule has 2 N–H and O–H groups in total. The summed E-state index contributed by atoms with van der Waals surface area (Å²) in [5, 5.41) is 6.18. The van der Waals surface area contributed by atoms with Crippen molar-refractivity contribution >= 4 is 23.8 Å². The number of nitrogens with zero attached hydrogens (tertiary/aromatic N) is 2. The summed E-state index contributed by atoms with van der Waals surface area (Å²) >= 11 is 0. The molecule has 2 aliphatic heterocycles. The topological polar surface area (TPSA) is 154 Å². The second-order valence-corrected chi connectivity index (χ2v) is 24.5. The van der Waals surface area contributed by atoms with Crippen molar-refractivity contribution in [1.29, 1.82) is 0 Å². The van der Waals surface area contributed by atoms with Crippen LogP contribution in [0.2, 0.25) is 0 Å². The van der Waals surface area contributed by atoms with Gasteiger partial charge in [0, 0.05) is 33.7 Å². The average molecular weight is 1140 g/mol. The highest BCUT2D eigenvalue weighted by Gasteiger charge is 2.44. The van der Waals surface area contributed by atoms with Crippen LogP contribution < -0.4 is 10.6 Å². The highest BCUT2D eigenvalue weighted by atomic mass is 16.7. The molecular weight excluding hydrogens is 1040 g/mol. The molecule has 0 spiro atoms. The van der Waals surface area contributed by atoms with E-state index in [0.717, 1.165) is 53.5 Å². The third kappa shape index (κ3) is 16.2. The van der Waals surface area contributed by atoms with Gasteiger partial charge in [0.05, 0.1) is 62.0 Å². The minimum atomic E-state index is -0.900. The molecule has 14 nitrogen and oxygen atoms in total. The summed E-state index contributed by atoms with van der Waals surface area (Å²) in [5.74, 6) is -1.09. The number of carbonyl (C=O) groups excluding carboxylic acids is 4. The summed E-state index contributed by atoms with van der Waals surface area (Å²) in [6.07, 6.45) is 10.9. The number of likely N-dealkylation sites (N-methyl/N-ethyl adjacent to an activating group) is 1. The van der Waals surface area contributed by atoms with E-state index >= 15 is 0 Å². The Balaban J connectivity index is 0.852. The number of rotatable bonds is 26. The summed E-state index contributed by atoms with van der Waals surface area (Å²) in [6.45, 7) is 13.3. The first-order chi connectivity index (χ1) is 40.2. The van der Waals surface area contributed by atoms with E-state index in [-0.39, 0.29) is 60.6 Å². The highest BCUT2D eigenvalue weighted by Crippen LogP contribution is 2.45. The van der Waals surface area contributed by atoms with Gasteiger partial charge in [0.1, 0.15) is 18.8 Å². The zero-order chi connectivity index (χ0) is 59.0. The van der Waals surface area contributed by atoms with Gasteiger partial charge in [-0.3, -0.25) is 14.4 Å². The van der Waals surface area contributed by atoms with E-state index in [1.54, 1.807) is 26.2 Å². The van der Waals surface area contributed by atoms with Gasteiger partial charge in [-0.25, -0.2) is 4.79 Å². The lowest BCUT2D eigenvalue weighted by Crippen LogP contribution is -2.58. The van der Waals surface area contributed by atoms with Gasteiger partial charge in [-0.2, -0.15) is 0 Å². The third-order valence-electron chi connectivity index (χ3n) is 18.5. The van der Waals surface area contributed by atoms with Crippen LogP contribution in [-0.4, -0.2) is 123 Å². The first-order valence-corrected chi connectivity index (χ1v) is 31.3. The standard InChI is InChI=1S/C69H96N4O10/c1-10-46(4)64(72(7)68(76)63(45(2)3)71-69(77)81-44-58-56-32-21-19-30-54(56)55-31-20-22-33-57(55)58)60(78-8)41-61(74)73-40-24-34-59(73)65(79-9)47(5)67(75)70-48(6)66(52-27-17-14-18-28-52)83-62-35-23-29-53(82-62)43-80-42-49-36-38-51(39-37-49)50-25-15-12-11-13-16-26-50/h14,17-22,27-28,30-33,36-39,45-48,50,53,58-60,62-66H,10-13,15-16,23-26,29,34-35,40-44H2,1-9H3,(H,70,75)(H,71,77)/t46-,47+,48+,53?,59-,60+,62?,63-,64-,65+,66+/m0/s1. The molecule has 1 saturated carbocycles. The lowest BCUT2D eigenvalue weighted by molar-refractivity contribution is -0.229. The van der Waals surface area contributed by atoms with E-state index in [2.05, 4.69) is 73.0 Å². The molecule has 2 unspecified atom stereocenters. The van der Waals surface area contributed by atoms with Crippen LogP contribution in [0.4, 0.5) is 4.79 Å². The number of benzene rings is 4. The molecule has 2 saturated heterocycles. The Morgan fingerprint density at radius 1 is 0.711 bits per heavy atom. The summed E-state index contributed by atoms with van der Waals surface area (Å²) in [5.41, 5.74) is 8.00. The number of hydrogen-bond donors (Lipinski definition) is 2. The number of fused-ring (bicyclic) bond motifs is 3. The summed E-state index contributed by atoms with van der Waals surface area (Å²) < 4.78 is 37.9. The predicted octanol–water partition coefficient (Wildman–Crippen LogP) is 12.7. The van der Waals surface area contributed by atoms with Gasteiger partial charge in [0.15, 0.2) is 6.29 Å². The first-order valence-electron chi connectivity index (χ1n) is 31.3. The van der Waals surface area contributed by atoms with E-state index in [9.17, 15) is 19.2 Å². The van der Waals surface area contributed by atoms with Crippen LogP contribution in [0.25, 0.3) is 11.1 Å². The molecule has 0 bridgehead atoms. The maximum atomic E-state index is 14.7. The van der Waals surface area contributed by atoms with Crippen LogP contribution >= 0.6 is 0 Å². The SMILES string of the molecule is CC[C@H](C)[C@@H]([C@@H](CC(=O)N1CCC[C@H]1[C@H](OC)[C@@H](C)C(=O)N[C@H](C)[C@@H](OC1CCCC(COCc2ccc(C3CCCCCCC3)cc2)O1)c1ccccc1)OC)N(C)C(=O)[C@@H](NC(=O)OCC1c2ccccc2-c2ccccc21)C(C)C. The van der Waals surface area contributed by atoms with Crippen molar-refractivity contribution in [2.24, 2.45) is 17.8 Å². The van der Waals surface area contributed by atoms with Crippen molar-refractivity contribution in [1.82, 2.24) is 20.4 Å². The Morgan fingerprint density at radius 2 is 1.36 bits per heavy atom. The van der Waals surface area contributed by atoms with Crippen LogP contribution in [0.1, 0.15) is 177 Å². The van der Waals surface area contributed by atoms with E-state index in [0.29, 0.717) is 38.5 Å². The fourth-order valence-corrected chi connectivity index (χ4v) is 13.6. The highest BCUT2D eigenvalue weighted by molar-refractivity contribution is 5.86. The van der Waals surface area contributed by atoms with Crippen LogP contribution in [0, 0.1) is 17.8 Å². The Bertz CT molecular complexity index is 2630. The van der Waals surface area contributed by atoms with Gasteiger partial charge in [0.25, 0.3) is 0 Å². The molecule has 4 aromatic rings. The summed E-state index contributed by atoms with van der Waals surface area (Å²) in [4.78, 5) is 60.9. The van der Waals surface area contributed by atoms with Gasteiger partial charge in [-0.1, -0.05) is 176 Å². The molecule has 4 amide bonds. The number of nitrogens with one attached hydrogen (secondary N) is 2. The van der Waals surface area contributed by atoms with Gasteiger partial charge in [-0.15, -0.1) is 0 Å². The minimum absolute atomic E-state index is 0.000272. The number of methoxy groups -OCH3 is 2. The van der Waals surface area contributed by atoms with Crippen LogP contribution in [0.5, 0.6) is 0 Å². The maximum absolute atomic E-state index is 14.7. The molecule has 8 rings (SSSR count). The van der Waals surface area contributed by atoms with Gasteiger partial charge in [0.2, 0.25) is 17.7 Å². The smallest absolute Gasteiger partial charge is 0.407 e. The number of hydrogen-bond acceptors (Lipinski definition) is 10. The van der Waals surface area contributed by atoms with Crippen molar-refractivity contribution in [2.45, 2.75) is 205 Å². The first kappa shape index (κ1) is 63.4. The summed E-state index contributed by atoms with van der Waals surface area (Å²) in [6, 6.07) is 33.1. The molecule has 83 heavy (non-hydrogen) atoms. The van der Waals surface area contributed by atoms with Crippen LogP contribution in [-0.2, 0) is 49.4 Å². The molecule has 4 aromatic carbocycles. The van der Waals surface area contributed by atoms with E-state index in [4.69, 9.17) is 28.4 Å². The van der Waals surface area contributed by atoms with Gasteiger partial charge < -0.3 is 48.9 Å². The minimum Gasteiger partial charge on any atom is -0.449 e. The zero-order valence-corrected chi connectivity index (χ0v) is 51.1. The fraction of sp³-hybridized carbons (Fsp3) is 0.594.